The maximum atomic E-state index is 11.8. The minimum absolute atomic E-state index is 0.126. The lowest BCUT2D eigenvalue weighted by atomic mass is 10.0. The third-order valence-corrected chi connectivity index (χ3v) is 3.30. The standard InChI is InChI=1S/C17H27NO/c1-13(2)7-5-6-8-17(19)18-16-11-9-15(10-12-16)14(3)4/h9-14H,5-8H2,1-4H3,(H,18,19). The number of hydrogen-bond acceptors (Lipinski definition) is 1. The van der Waals surface area contributed by atoms with Crippen LogP contribution >= 0.6 is 0 Å². The molecule has 1 N–H and O–H groups in total. The van der Waals surface area contributed by atoms with Crippen molar-refractivity contribution in [3.8, 4) is 0 Å². The molecule has 2 nitrogen and oxygen atoms in total. The first-order valence-electron chi connectivity index (χ1n) is 7.39. The molecule has 1 amide bonds. The topological polar surface area (TPSA) is 29.1 Å². The zero-order valence-corrected chi connectivity index (χ0v) is 12.7. The summed E-state index contributed by atoms with van der Waals surface area (Å²) in [4.78, 5) is 11.8. The SMILES string of the molecule is CC(C)CCCCC(=O)Nc1ccc(C(C)C)cc1. The van der Waals surface area contributed by atoms with Crippen LogP contribution < -0.4 is 5.32 Å². The van der Waals surface area contributed by atoms with Crippen molar-refractivity contribution in [3.05, 3.63) is 29.8 Å². The van der Waals surface area contributed by atoms with E-state index in [4.69, 9.17) is 0 Å². The lowest BCUT2D eigenvalue weighted by Gasteiger charge is -2.09. The Hall–Kier alpha value is -1.31. The first-order valence-corrected chi connectivity index (χ1v) is 7.39. The smallest absolute Gasteiger partial charge is 0.224 e. The van der Waals surface area contributed by atoms with E-state index in [1.165, 1.54) is 12.0 Å². The van der Waals surface area contributed by atoms with E-state index in [0.29, 0.717) is 12.3 Å². The number of hydrogen-bond donors (Lipinski definition) is 1. The summed E-state index contributed by atoms with van der Waals surface area (Å²) in [7, 11) is 0. The predicted octanol–water partition coefficient (Wildman–Crippen LogP) is 4.96. The minimum atomic E-state index is 0.126. The number of amides is 1. The third-order valence-electron chi connectivity index (χ3n) is 3.30. The predicted molar refractivity (Wildman–Crippen MR) is 82.5 cm³/mol. The van der Waals surface area contributed by atoms with E-state index in [2.05, 4.69) is 45.1 Å². The Kier molecular flexibility index (Phi) is 6.61. The van der Waals surface area contributed by atoms with Gasteiger partial charge in [-0.05, 0) is 36.0 Å². The quantitative estimate of drug-likeness (QED) is 0.690. The summed E-state index contributed by atoms with van der Waals surface area (Å²) in [6.45, 7) is 8.78. The molecule has 0 aromatic heterocycles. The van der Waals surface area contributed by atoms with Crippen LogP contribution in [0.3, 0.4) is 0 Å². The van der Waals surface area contributed by atoms with E-state index in [9.17, 15) is 4.79 Å². The second kappa shape index (κ2) is 7.98. The average Bonchev–Trinajstić information content (AvgIpc) is 2.35. The second-order valence-corrected chi connectivity index (χ2v) is 5.96. The van der Waals surface area contributed by atoms with Crippen molar-refractivity contribution in [2.45, 2.75) is 59.3 Å². The van der Waals surface area contributed by atoms with Crippen molar-refractivity contribution < 1.29 is 4.79 Å². The van der Waals surface area contributed by atoms with Gasteiger partial charge in [-0.3, -0.25) is 4.79 Å². The summed E-state index contributed by atoms with van der Waals surface area (Å²) in [5.74, 6) is 1.38. The molecule has 0 aliphatic heterocycles. The molecule has 0 bridgehead atoms. The van der Waals surface area contributed by atoms with Gasteiger partial charge in [0.05, 0.1) is 0 Å². The van der Waals surface area contributed by atoms with Crippen molar-refractivity contribution in [2.75, 3.05) is 5.32 Å². The molecule has 1 rings (SSSR count). The normalized spacial score (nSPS) is 11.1. The summed E-state index contributed by atoms with van der Waals surface area (Å²) >= 11 is 0. The van der Waals surface area contributed by atoms with Crippen LogP contribution in [-0.2, 0) is 4.79 Å². The second-order valence-electron chi connectivity index (χ2n) is 5.96. The molecule has 0 fully saturated rings. The molecule has 106 valence electrons. The van der Waals surface area contributed by atoms with E-state index in [-0.39, 0.29) is 5.91 Å². The summed E-state index contributed by atoms with van der Waals surface area (Å²) in [5.41, 5.74) is 2.20. The monoisotopic (exact) mass is 261 g/mol. The highest BCUT2D eigenvalue weighted by atomic mass is 16.1. The van der Waals surface area contributed by atoms with E-state index in [1.54, 1.807) is 0 Å². The van der Waals surface area contributed by atoms with Gasteiger partial charge in [0.2, 0.25) is 5.91 Å². The summed E-state index contributed by atoms with van der Waals surface area (Å²) in [5, 5.41) is 2.96. The molecule has 2 heteroatoms. The average molecular weight is 261 g/mol. The van der Waals surface area contributed by atoms with Gasteiger partial charge >= 0.3 is 0 Å². The van der Waals surface area contributed by atoms with E-state index in [0.717, 1.165) is 24.4 Å². The van der Waals surface area contributed by atoms with Crippen LogP contribution in [-0.4, -0.2) is 5.91 Å². The van der Waals surface area contributed by atoms with Gasteiger partial charge in [0.1, 0.15) is 0 Å². The van der Waals surface area contributed by atoms with Crippen LogP contribution in [0.25, 0.3) is 0 Å². The van der Waals surface area contributed by atoms with Gasteiger partial charge in [-0.25, -0.2) is 0 Å². The van der Waals surface area contributed by atoms with Gasteiger partial charge in [0.25, 0.3) is 0 Å². The number of benzene rings is 1. The zero-order chi connectivity index (χ0) is 14.3. The molecule has 0 radical (unpaired) electrons. The fraction of sp³-hybridized carbons (Fsp3) is 0.588. The van der Waals surface area contributed by atoms with Gasteiger partial charge in [0, 0.05) is 12.1 Å². The highest BCUT2D eigenvalue weighted by Gasteiger charge is 2.04. The van der Waals surface area contributed by atoms with Gasteiger partial charge in [-0.1, -0.05) is 52.7 Å². The molecule has 0 saturated heterocycles. The largest absolute Gasteiger partial charge is 0.326 e. The molecule has 0 saturated carbocycles. The van der Waals surface area contributed by atoms with Gasteiger partial charge in [-0.15, -0.1) is 0 Å². The summed E-state index contributed by atoms with van der Waals surface area (Å²) < 4.78 is 0. The van der Waals surface area contributed by atoms with Crippen LogP contribution in [0.1, 0.15) is 64.9 Å². The van der Waals surface area contributed by atoms with Crippen molar-refractivity contribution in [2.24, 2.45) is 5.92 Å². The van der Waals surface area contributed by atoms with Crippen LogP contribution in [0, 0.1) is 5.92 Å². The summed E-state index contributed by atoms with van der Waals surface area (Å²) in [6, 6.07) is 8.14. The molecular formula is C17H27NO. The van der Waals surface area contributed by atoms with Crippen molar-refractivity contribution in [1.82, 2.24) is 0 Å². The molecular weight excluding hydrogens is 234 g/mol. The van der Waals surface area contributed by atoms with Crippen LogP contribution in [0.2, 0.25) is 0 Å². The van der Waals surface area contributed by atoms with Crippen molar-refractivity contribution >= 4 is 11.6 Å². The number of carbonyl (C=O) groups is 1. The Balaban J connectivity index is 2.32. The van der Waals surface area contributed by atoms with Crippen molar-refractivity contribution in [1.29, 1.82) is 0 Å². The minimum Gasteiger partial charge on any atom is -0.326 e. The van der Waals surface area contributed by atoms with Crippen molar-refractivity contribution in [3.63, 3.8) is 0 Å². The number of rotatable bonds is 7. The first kappa shape index (κ1) is 15.7. The van der Waals surface area contributed by atoms with Gasteiger partial charge in [0.15, 0.2) is 0 Å². The molecule has 0 atom stereocenters. The van der Waals surface area contributed by atoms with E-state index in [1.807, 2.05) is 12.1 Å². The molecule has 19 heavy (non-hydrogen) atoms. The fourth-order valence-electron chi connectivity index (χ4n) is 2.01. The first-order chi connectivity index (χ1) is 8.99. The maximum Gasteiger partial charge on any atom is 0.224 e. The fourth-order valence-corrected chi connectivity index (χ4v) is 2.01. The highest BCUT2D eigenvalue weighted by molar-refractivity contribution is 5.90. The van der Waals surface area contributed by atoms with Gasteiger partial charge in [-0.2, -0.15) is 0 Å². The molecule has 0 spiro atoms. The van der Waals surface area contributed by atoms with E-state index >= 15 is 0 Å². The molecule has 0 heterocycles. The lowest BCUT2D eigenvalue weighted by Crippen LogP contribution is -2.11. The Morgan fingerprint density at radius 1 is 1.05 bits per heavy atom. The van der Waals surface area contributed by atoms with Crippen LogP contribution in [0.15, 0.2) is 24.3 Å². The summed E-state index contributed by atoms with van der Waals surface area (Å²) in [6.07, 6.45) is 3.94. The molecule has 1 aromatic rings. The maximum absolute atomic E-state index is 11.8. The van der Waals surface area contributed by atoms with Crippen LogP contribution in [0.5, 0.6) is 0 Å². The lowest BCUT2D eigenvalue weighted by molar-refractivity contribution is -0.116. The highest BCUT2D eigenvalue weighted by Crippen LogP contribution is 2.17. The number of nitrogens with one attached hydrogen (secondary N) is 1. The molecule has 0 aliphatic carbocycles. The number of carbonyl (C=O) groups excluding carboxylic acids is 1. The third kappa shape index (κ3) is 6.42. The molecule has 0 unspecified atom stereocenters. The van der Waals surface area contributed by atoms with Gasteiger partial charge < -0.3 is 5.32 Å². The Morgan fingerprint density at radius 3 is 2.21 bits per heavy atom. The number of anilines is 1. The molecule has 1 aromatic carbocycles. The van der Waals surface area contributed by atoms with E-state index < -0.39 is 0 Å². The Labute approximate surface area is 117 Å². The Morgan fingerprint density at radius 2 is 1.68 bits per heavy atom. The van der Waals surface area contributed by atoms with Crippen LogP contribution in [0.4, 0.5) is 5.69 Å². The Bertz CT molecular complexity index is 379. The molecule has 0 aliphatic rings. The number of unbranched alkanes of at least 4 members (excludes halogenated alkanes) is 1. The zero-order valence-electron chi connectivity index (χ0n) is 12.7.